The lowest BCUT2D eigenvalue weighted by molar-refractivity contribution is -0.142. The molecule has 0 bridgehead atoms. The van der Waals surface area contributed by atoms with Crippen molar-refractivity contribution >= 4 is 5.91 Å². The van der Waals surface area contributed by atoms with Crippen LogP contribution in [-0.2, 0) is 9.53 Å². The van der Waals surface area contributed by atoms with E-state index in [1.165, 1.54) is 18.2 Å². The van der Waals surface area contributed by atoms with Crippen molar-refractivity contribution < 1.29 is 18.7 Å². The van der Waals surface area contributed by atoms with Crippen LogP contribution in [0.25, 0.3) is 0 Å². The Morgan fingerprint density at radius 1 is 1.57 bits per heavy atom. The Hall–Kier alpha value is -2.41. The van der Waals surface area contributed by atoms with Crippen molar-refractivity contribution in [2.24, 2.45) is 0 Å². The molecule has 1 atom stereocenters. The number of aromatic nitrogens is 2. The average molecular weight is 319 g/mol. The van der Waals surface area contributed by atoms with E-state index in [2.05, 4.69) is 9.97 Å². The minimum Gasteiger partial charge on any atom is -0.484 e. The van der Waals surface area contributed by atoms with Crippen LogP contribution in [0.5, 0.6) is 5.75 Å². The first-order valence-corrected chi connectivity index (χ1v) is 7.40. The van der Waals surface area contributed by atoms with E-state index in [4.69, 9.17) is 9.47 Å². The summed E-state index contributed by atoms with van der Waals surface area (Å²) >= 11 is 0. The minimum absolute atomic E-state index is 0.153. The zero-order chi connectivity index (χ0) is 16.2. The number of aryl methyl sites for hydroxylation is 1. The predicted molar refractivity (Wildman–Crippen MR) is 80.5 cm³/mol. The highest BCUT2D eigenvalue weighted by atomic mass is 19.1. The molecule has 1 aromatic carbocycles. The number of carbonyl (C=O) groups excluding carboxylic acids is 1. The second kappa shape index (κ2) is 6.78. The number of amides is 1. The third-order valence-electron chi connectivity index (χ3n) is 3.65. The fourth-order valence-electron chi connectivity index (χ4n) is 2.52. The Bertz CT molecular complexity index is 689. The normalized spacial score (nSPS) is 18.0. The molecule has 122 valence electrons. The van der Waals surface area contributed by atoms with Gasteiger partial charge in [0, 0.05) is 24.5 Å². The van der Waals surface area contributed by atoms with Crippen molar-refractivity contribution in [2.45, 2.75) is 13.0 Å². The number of imidazole rings is 1. The molecular formula is C16H18FN3O3. The number of aromatic amines is 1. The van der Waals surface area contributed by atoms with Crippen LogP contribution in [0.2, 0.25) is 0 Å². The van der Waals surface area contributed by atoms with E-state index in [1.807, 2.05) is 6.92 Å². The summed E-state index contributed by atoms with van der Waals surface area (Å²) in [6, 6.07) is 5.47. The zero-order valence-electron chi connectivity index (χ0n) is 12.8. The van der Waals surface area contributed by atoms with Gasteiger partial charge in [0.2, 0.25) is 0 Å². The maximum absolute atomic E-state index is 13.1. The number of halogens is 1. The summed E-state index contributed by atoms with van der Waals surface area (Å²) in [5.41, 5.74) is 0.925. The molecule has 2 aromatic rings. The van der Waals surface area contributed by atoms with Crippen LogP contribution in [0, 0.1) is 12.7 Å². The molecule has 1 aliphatic rings. The van der Waals surface area contributed by atoms with E-state index >= 15 is 0 Å². The van der Waals surface area contributed by atoms with E-state index in [1.54, 1.807) is 17.2 Å². The topological polar surface area (TPSA) is 67.4 Å². The van der Waals surface area contributed by atoms with E-state index in [-0.39, 0.29) is 18.6 Å². The summed E-state index contributed by atoms with van der Waals surface area (Å²) in [6.45, 7) is 3.08. The lowest BCUT2D eigenvalue weighted by Crippen LogP contribution is -2.45. The van der Waals surface area contributed by atoms with E-state index in [0.717, 1.165) is 5.69 Å². The summed E-state index contributed by atoms with van der Waals surface area (Å²) in [4.78, 5) is 21.6. The van der Waals surface area contributed by atoms with Crippen molar-refractivity contribution in [1.29, 1.82) is 0 Å². The van der Waals surface area contributed by atoms with Crippen molar-refractivity contribution in [1.82, 2.24) is 14.9 Å². The van der Waals surface area contributed by atoms with Gasteiger partial charge in [0.25, 0.3) is 5.91 Å². The van der Waals surface area contributed by atoms with Crippen molar-refractivity contribution in [2.75, 3.05) is 26.4 Å². The monoisotopic (exact) mass is 319 g/mol. The number of morpholine rings is 1. The Balaban J connectivity index is 1.66. The Labute approximate surface area is 133 Å². The maximum Gasteiger partial charge on any atom is 0.261 e. The molecule has 0 saturated carbocycles. The van der Waals surface area contributed by atoms with Crippen LogP contribution in [-0.4, -0.2) is 47.1 Å². The second-order valence-corrected chi connectivity index (χ2v) is 5.38. The number of nitrogens with one attached hydrogen (secondary N) is 1. The number of benzene rings is 1. The molecule has 23 heavy (non-hydrogen) atoms. The lowest BCUT2D eigenvalue weighted by atomic mass is 10.2. The molecule has 0 radical (unpaired) electrons. The first-order valence-electron chi connectivity index (χ1n) is 7.40. The quantitative estimate of drug-likeness (QED) is 0.934. The third-order valence-corrected chi connectivity index (χ3v) is 3.65. The molecule has 1 aliphatic heterocycles. The molecule has 2 heterocycles. The molecule has 0 aliphatic carbocycles. The minimum atomic E-state index is -0.398. The largest absolute Gasteiger partial charge is 0.484 e. The molecular weight excluding hydrogens is 301 g/mol. The van der Waals surface area contributed by atoms with Crippen LogP contribution >= 0.6 is 0 Å². The maximum atomic E-state index is 13.1. The molecule has 1 aromatic heterocycles. The Morgan fingerprint density at radius 2 is 2.43 bits per heavy atom. The fraction of sp³-hybridized carbons (Fsp3) is 0.375. The van der Waals surface area contributed by atoms with Crippen LogP contribution in [0.4, 0.5) is 4.39 Å². The smallest absolute Gasteiger partial charge is 0.261 e. The van der Waals surface area contributed by atoms with Crippen LogP contribution in [0.15, 0.2) is 30.5 Å². The number of ether oxygens (including phenoxy) is 2. The van der Waals surface area contributed by atoms with E-state index < -0.39 is 5.82 Å². The average Bonchev–Trinajstić information content (AvgIpc) is 2.99. The van der Waals surface area contributed by atoms with Gasteiger partial charge in [-0.15, -0.1) is 0 Å². The molecule has 0 unspecified atom stereocenters. The first-order chi connectivity index (χ1) is 11.1. The number of H-pyrrole nitrogens is 1. The highest BCUT2D eigenvalue weighted by Gasteiger charge is 2.30. The standard InChI is InChI=1S/C16H18FN3O3/c1-11-8-18-16(19-11)14-9-22-6-5-20(14)15(21)10-23-13-4-2-3-12(17)7-13/h2-4,7-8,14H,5-6,9-10H2,1H3,(H,18,19)/t14-/m0/s1. The van der Waals surface area contributed by atoms with E-state index in [0.29, 0.717) is 31.3 Å². The predicted octanol–water partition coefficient (Wildman–Crippen LogP) is 1.84. The van der Waals surface area contributed by atoms with Gasteiger partial charge in [-0.2, -0.15) is 0 Å². The summed E-state index contributed by atoms with van der Waals surface area (Å²) < 4.78 is 24.0. The van der Waals surface area contributed by atoms with Gasteiger partial charge in [0.15, 0.2) is 6.61 Å². The molecule has 1 saturated heterocycles. The molecule has 1 amide bonds. The molecule has 1 fully saturated rings. The molecule has 6 nitrogen and oxygen atoms in total. The van der Waals surface area contributed by atoms with Gasteiger partial charge in [-0.05, 0) is 19.1 Å². The fourth-order valence-corrected chi connectivity index (χ4v) is 2.52. The van der Waals surface area contributed by atoms with Crippen molar-refractivity contribution in [3.05, 3.63) is 47.8 Å². The highest BCUT2D eigenvalue weighted by molar-refractivity contribution is 5.78. The van der Waals surface area contributed by atoms with Crippen molar-refractivity contribution in [3.63, 3.8) is 0 Å². The van der Waals surface area contributed by atoms with Gasteiger partial charge in [-0.3, -0.25) is 4.79 Å². The van der Waals surface area contributed by atoms with Crippen LogP contribution < -0.4 is 4.74 Å². The summed E-state index contributed by atoms with van der Waals surface area (Å²) in [7, 11) is 0. The summed E-state index contributed by atoms with van der Waals surface area (Å²) in [5.74, 6) is 0.445. The summed E-state index contributed by atoms with van der Waals surface area (Å²) in [6.07, 6.45) is 1.72. The van der Waals surface area contributed by atoms with E-state index in [9.17, 15) is 9.18 Å². The van der Waals surface area contributed by atoms with Gasteiger partial charge in [0.05, 0.1) is 13.2 Å². The molecule has 3 rings (SSSR count). The SMILES string of the molecule is Cc1cnc([C@@H]2COCCN2C(=O)COc2cccc(F)c2)[nH]1. The van der Waals surface area contributed by atoms with Crippen molar-refractivity contribution in [3.8, 4) is 5.75 Å². The Kier molecular flexibility index (Phi) is 4.57. The van der Waals surface area contributed by atoms with Gasteiger partial charge >= 0.3 is 0 Å². The number of hydrogen-bond acceptors (Lipinski definition) is 4. The second-order valence-electron chi connectivity index (χ2n) is 5.38. The number of nitrogens with zero attached hydrogens (tertiary/aromatic N) is 2. The number of rotatable bonds is 4. The molecule has 7 heteroatoms. The zero-order valence-corrected chi connectivity index (χ0v) is 12.8. The third kappa shape index (κ3) is 3.68. The lowest BCUT2D eigenvalue weighted by Gasteiger charge is -2.34. The van der Waals surface area contributed by atoms with Gasteiger partial charge in [0.1, 0.15) is 23.4 Å². The van der Waals surface area contributed by atoms with Crippen LogP contribution in [0.1, 0.15) is 17.6 Å². The van der Waals surface area contributed by atoms with Gasteiger partial charge in [-0.25, -0.2) is 9.37 Å². The van der Waals surface area contributed by atoms with Gasteiger partial charge in [-0.1, -0.05) is 6.07 Å². The van der Waals surface area contributed by atoms with Crippen LogP contribution in [0.3, 0.4) is 0 Å². The Morgan fingerprint density at radius 3 is 3.17 bits per heavy atom. The number of hydrogen-bond donors (Lipinski definition) is 1. The van der Waals surface area contributed by atoms with Gasteiger partial charge < -0.3 is 19.4 Å². The first kappa shape index (κ1) is 15.5. The molecule has 1 N–H and O–H groups in total. The molecule has 0 spiro atoms. The highest BCUT2D eigenvalue weighted by Crippen LogP contribution is 2.22. The number of carbonyl (C=O) groups is 1. The summed E-state index contributed by atoms with van der Waals surface area (Å²) in [5, 5.41) is 0.